The highest BCUT2D eigenvalue weighted by atomic mass is 19.1. The second-order valence-corrected chi connectivity index (χ2v) is 5.17. The standard InChI is InChI=1S/C15H19FN2O3/c1-11(19)13-9-12(16)3-4-14(13)21-10-15(20)18-7-5-17(2)6-8-18/h3-4,9H,5-8,10H2,1-2H3. The third-order valence-electron chi connectivity index (χ3n) is 3.53. The number of carbonyl (C=O) groups excluding carboxylic acids is 2. The minimum atomic E-state index is -0.502. The first kappa shape index (κ1) is 15.4. The number of rotatable bonds is 4. The average Bonchev–Trinajstić information content (AvgIpc) is 2.46. The largest absolute Gasteiger partial charge is 0.483 e. The number of benzene rings is 1. The summed E-state index contributed by atoms with van der Waals surface area (Å²) >= 11 is 0. The lowest BCUT2D eigenvalue weighted by Crippen LogP contribution is -2.48. The summed E-state index contributed by atoms with van der Waals surface area (Å²) in [6.45, 7) is 4.20. The summed E-state index contributed by atoms with van der Waals surface area (Å²) in [6, 6.07) is 3.71. The van der Waals surface area contributed by atoms with E-state index in [-0.39, 0.29) is 29.6 Å². The molecule has 5 nitrogen and oxygen atoms in total. The van der Waals surface area contributed by atoms with E-state index in [0.717, 1.165) is 19.2 Å². The van der Waals surface area contributed by atoms with Gasteiger partial charge in [-0.3, -0.25) is 9.59 Å². The van der Waals surface area contributed by atoms with Crippen LogP contribution in [0.3, 0.4) is 0 Å². The zero-order valence-electron chi connectivity index (χ0n) is 12.3. The average molecular weight is 294 g/mol. The molecule has 0 spiro atoms. The fourth-order valence-electron chi connectivity index (χ4n) is 2.19. The van der Waals surface area contributed by atoms with Gasteiger partial charge in [0.1, 0.15) is 11.6 Å². The van der Waals surface area contributed by atoms with Crippen LogP contribution in [0.1, 0.15) is 17.3 Å². The van der Waals surface area contributed by atoms with Crippen molar-refractivity contribution in [3.8, 4) is 5.75 Å². The number of halogens is 1. The summed E-state index contributed by atoms with van der Waals surface area (Å²) in [7, 11) is 2.01. The SMILES string of the molecule is CC(=O)c1cc(F)ccc1OCC(=O)N1CCN(C)CC1. The van der Waals surface area contributed by atoms with E-state index in [0.29, 0.717) is 13.1 Å². The van der Waals surface area contributed by atoms with Crippen LogP contribution in [0.25, 0.3) is 0 Å². The topological polar surface area (TPSA) is 49.9 Å². The summed E-state index contributed by atoms with van der Waals surface area (Å²) in [5.74, 6) is -0.678. The Morgan fingerprint density at radius 1 is 1.24 bits per heavy atom. The maximum Gasteiger partial charge on any atom is 0.260 e. The molecule has 114 valence electrons. The molecule has 21 heavy (non-hydrogen) atoms. The van der Waals surface area contributed by atoms with Gasteiger partial charge in [-0.15, -0.1) is 0 Å². The summed E-state index contributed by atoms with van der Waals surface area (Å²) in [5, 5.41) is 0. The first-order chi connectivity index (χ1) is 9.97. The maximum atomic E-state index is 13.1. The first-order valence-corrected chi connectivity index (χ1v) is 6.87. The Morgan fingerprint density at radius 3 is 2.52 bits per heavy atom. The molecule has 6 heteroatoms. The van der Waals surface area contributed by atoms with Gasteiger partial charge < -0.3 is 14.5 Å². The molecule has 1 amide bonds. The quantitative estimate of drug-likeness (QED) is 0.783. The summed E-state index contributed by atoms with van der Waals surface area (Å²) in [4.78, 5) is 27.4. The number of ether oxygens (including phenoxy) is 1. The molecule has 1 saturated heterocycles. The van der Waals surface area contributed by atoms with Crippen LogP contribution in [0.4, 0.5) is 4.39 Å². The highest BCUT2D eigenvalue weighted by Crippen LogP contribution is 2.20. The molecular weight excluding hydrogens is 275 g/mol. The molecule has 1 aromatic carbocycles. The predicted octanol–water partition coefficient (Wildman–Crippen LogP) is 1.18. The lowest BCUT2D eigenvalue weighted by Gasteiger charge is -2.32. The Hall–Kier alpha value is -1.95. The number of ketones is 1. The van der Waals surface area contributed by atoms with Crippen LogP contribution < -0.4 is 4.74 Å². The van der Waals surface area contributed by atoms with Gasteiger partial charge in [0.2, 0.25) is 0 Å². The second kappa shape index (κ2) is 6.67. The number of Topliss-reactive ketones (excluding diaryl/α,β-unsaturated/α-hetero) is 1. The highest BCUT2D eigenvalue weighted by molar-refractivity contribution is 5.96. The van der Waals surface area contributed by atoms with Crippen molar-refractivity contribution in [3.05, 3.63) is 29.6 Å². The van der Waals surface area contributed by atoms with Crippen LogP contribution in [0.2, 0.25) is 0 Å². The minimum Gasteiger partial charge on any atom is -0.483 e. The Labute approximate surface area is 123 Å². The summed E-state index contributed by atoms with van der Waals surface area (Å²) in [5.41, 5.74) is 0.154. The first-order valence-electron chi connectivity index (χ1n) is 6.87. The number of nitrogens with zero attached hydrogens (tertiary/aromatic N) is 2. The van der Waals surface area contributed by atoms with E-state index >= 15 is 0 Å². The van der Waals surface area contributed by atoms with Crippen LogP contribution in [-0.2, 0) is 4.79 Å². The third kappa shape index (κ3) is 4.01. The second-order valence-electron chi connectivity index (χ2n) is 5.17. The van der Waals surface area contributed by atoms with E-state index in [2.05, 4.69) is 4.90 Å². The molecule has 1 fully saturated rings. The van der Waals surface area contributed by atoms with E-state index in [1.165, 1.54) is 19.1 Å². The number of likely N-dealkylation sites (N-methyl/N-ethyl adjacent to an activating group) is 1. The number of hydrogen-bond acceptors (Lipinski definition) is 4. The summed E-state index contributed by atoms with van der Waals surface area (Å²) < 4.78 is 18.5. The molecule has 1 aromatic rings. The van der Waals surface area contributed by atoms with Crippen LogP contribution in [0.15, 0.2) is 18.2 Å². The van der Waals surface area contributed by atoms with Gasteiger partial charge in [-0.1, -0.05) is 0 Å². The molecule has 0 atom stereocenters. The number of amides is 1. The lowest BCUT2D eigenvalue weighted by atomic mass is 10.1. The van der Waals surface area contributed by atoms with Gasteiger partial charge in [0.25, 0.3) is 5.91 Å². The van der Waals surface area contributed by atoms with Crippen LogP contribution in [0, 0.1) is 5.82 Å². The smallest absolute Gasteiger partial charge is 0.260 e. The Morgan fingerprint density at radius 2 is 1.90 bits per heavy atom. The van der Waals surface area contributed by atoms with E-state index in [1.54, 1.807) is 4.90 Å². The van der Waals surface area contributed by atoms with Crippen LogP contribution in [0.5, 0.6) is 5.75 Å². The zero-order chi connectivity index (χ0) is 15.4. The molecule has 0 unspecified atom stereocenters. The monoisotopic (exact) mass is 294 g/mol. The molecule has 1 heterocycles. The highest BCUT2D eigenvalue weighted by Gasteiger charge is 2.20. The summed E-state index contributed by atoms with van der Waals surface area (Å²) in [6.07, 6.45) is 0. The number of carbonyl (C=O) groups is 2. The van der Waals surface area contributed by atoms with Gasteiger partial charge in [0.15, 0.2) is 12.4 Å². The molecule has 2 rings (SSSR count). The molecular formula is C15H19FN2O3. The molecule has 0 aromatic heterocycles. The Balaban J connectivity index is 1.96. The van der Waals surface area contributed by atoms with Crippen molar-refractivity contribution < 1.29 is 18.7 Å². The van der Waals surface area contributed by atoms with E-state index < -0.39 is 5.82 Å². The molecule has 0 aliphatic carbocycles. The molecule has 0 N–H and O–H groups in total. The van der Waals surface area contributed by atoms with Gasteiger partial charge in [0, 0.05) is 26.2 Å². The van der Waals surface area contributed by atoms with Crippen molar-refractivity contribution in [2.24, 2.45) is 0 Å². The van der Waals surface area contributed by atoms with Gasteiger partial charge in [-0.25, -0.2) is 4.39 Å². The zero-order valence-corrected chi connectivity index (χ0v) is 12.3. The van der Waals surface area contributed by atoms with Gasteiger partial charge in [-0.05, 0) is 32.2 Å². The fourth-order valence-corrected chi connectivity index (χ4v) is 2.19. The van der Waals surface area contributed by atoms with Gasteiger partial charge >= 0.3 is 0 Å². The minimum absolute atomic E-state index is 0.123. The van der Waals surface area contributed by atoms with Crippen molar-refractivity contribution in [2.75, 3.05) is 39.8 Å². The van der Waals surface area contributed by atoms with E-state index in [4.69, 9.17) is 4.74 Å². The number of hydrogen-bond donors (Lipinski definition) is 0. The Kier molecular flexibility index (Phi) is 4.90. The predicted molar refractivity (Wildman–Crippen MR) is 76.0 cm³/mol. The fraction of sp³-hybridized carbons (Fsp3) is 0.467. The van der Waals surface area contributed by atoms with Crippen LogP contribution in [-0.4, -0.2) is 61.3 Å². The van der Waals surface area contributed by atoms with E-state index in [9.17, 15) is 14.0 Å². The van der Waals surface area contributed by atoms with Crippen molar-refractivity contribution in [3.63, 3.8) is 0 Å². The third-order valence-corrected chi connectivity index (χ3v) is 3.53. The lowest BCUT2D eigenvalue weighted by molar-refractivity contribution is -0.134. The maximum absolute atomic E-state index is 13.1. The molecule has 0 saturated carbocycles. The van der Waals surface area contributed by atoms with Crippen molar-refractivity contribution in [1.82, 2.24) is 9.80 Å². The molecule has 0 bridgehead atoms. The van der Waals surface area contributed by atoms with E-state index in [1.807, 2.05) is 7.05 Å². The molecule has 0 radical (unpaired) electrons. The van der Waals surface area contributed by atoms with Crippen LogP contribution >= 0.6 is 0 Å². The van der Waals surface area contributed by atoms with Crippen molar-refractivity contribution >= 4 is 11.7 Å². The Bertz CT molecular complexity index is 540. The molecule has 1 aliphatic heterocycles. The normalized spacial score (nSPS) is 15.9. The van der Waals surface area contributed by atoms with Gasteiger partial charge in [-0.2, -0.15) is 0 Å². The van der Waals surface area contributed by atoms with Gasteiger partial charge in [0.05, 0.1) is 5.56 Å². The van der Waals surface area contributed by atoms with Crippen molar-refractivity contribution in [2.45, 2.75) is 6.92 Å². The van der Waals surface area contributed by atoms with Crippen molar-refractivity contribution in [1.29, 1.82) is 0 Å². The molecule has 1 aliphatic rings. The number of piperazine rings is 1.